The van der Waals surface area contributed by atoms with Gasteiger partial charge in [0.05, 0.1) is 12.3 Å². The summed E-state index contributed by atoms with van der Waals surface area (Å²) in [4.78, 5) is 0. The molecule has 0 bridgehead atoms. The summed E-state index contributed by atoms with van der Waals surface area (Å²) in [6.07, 6.45) is 6.94. The van der Waals surface area contributed by atoms with E-state index in [9.17, 15) is 0 Å². The molecule has 2 rings (SSSR count). The highest BCUT2D eigenvalue weighted by atomic mass is 35.5. The minimum Gasteiger partial charge on any atom is -0.468 e. The van der Waals surface area contributed by atoms with Gasteiger partial charge in [0, 0.05) is 0 Å². The maximum absolute atomic E-state index is 5.37. The van der Waals surface area contributed by atoms with Crippen LogP contribution in [0.15, 0.2) is 22.8 Å². The molecule has 2 heterocycles. The van der Waals surface area contributed by atoms with Gasteiger partial charge in [-0.2, -0.15) is 0 Å². The first-order chi connectivity index (χ1) is 5.97. The summed E-state index contributed by atoms with van der Waals surface area (Å²) in [6, 6.07) is 4.48. The molecule has 0 spiro atoms. The number of furan rings is 1. The molecule has 1 aromatic heterocycles. The van der Waals surface area contributed by atoms with Gasteiger partial charge >= 0.3 is 0 Å². The van der Waals surface area contributed by atoms with Crippen molar-refractivity contribution in [2.45, 2.75) is 31.7 Å². The van der Waals surface area contributed by atoms with E-state index < -0.39 is 0 Å². The zero-order chi connectivity index (χ0) is 8.23. The maximum atomic E-state index is 5.37. The summed E-state index contributed by atoms with van der Waals surface area (Å²) in [7, 11) is 0. The highest BCUT2D eigenvalue weighted by molar-refractivity contribution is 5.85. The quantitative estimate of drug-likeness (QED) is 0.756. The summed E-state index contributed by atoms with van der Waals surface area (Å²) in [5.74, 6) is 1.09. The normalized spacial score (nSPS) is 23.2. The van der Waals surface area contributed by atoms with Gasteiger partial charge in [0.2, 0.25) is 0 Å². The van der Waals surface area contributed by atoms with Gasteiger partial charge in [-0.15, -0.1) is 12.4 Å². The SMILES string of the molecule is Cl.c1coc(C2CCCCCN2)c1. The molecule has 1 N–H and O–H groups in total. The molecule has 0 aliphatic carbocycles. The Kier molecular flexibility index (Phi) is 4.33. The summed E-state index contributed by atoms with van der Waals surface area (Å²) in [5, 5.41) is 3.49. The highest BCUT2D eigenvalue weighted by Crippen LogP contribution is 2.22. The predicted octanol–water partition coefficient (Wildman–Crippen LogP) is 2.91. The molecule has 0 saturated carbocycles. The lowest BCUT2D eigenvalue weighted by Crippen LogP contribution is -2.19. The van der Waals surface area contributed by atoms with Crippen molar-refractivity contribution in [2.75, 3.05) is 6.54 Å². The van der Waals surface area contributed by atoms with Crippen LogP contribution in [-0.4, -0.2) is 6.54 Å². The number of hydrogen-bond acceptors (Lipinski definition) is 2. The maximum Gasteiger partial charge on any atom is 0.120 e. The molecule has 0 radical (unpaired) electrons. The van der Waals surface area contributed by atoms with Crippen LogP contribution in [0.1, 0.15) is 37.5 Å². The highest BCUT2D eigenvalue weighted by Gasteiger charge is 2.14. The smallest absolute Gasteiger partial charge is 0.120 e. The molecule has 2 nitrogen and oxygen atoms in total. The van der Waals surface area contributed by atoms with E-state index in [0.29, 0.717) is 6.04 Å². The predicted molar refractivity (Wildman–Crippen MR) is 55.2 cm³/mol. The van der Waals surface area contributed by atoms with Gasteiger partial charge < -0.3 is 9.73 Å². The fourth-order valence-electron chi connectivity index (χ4n) is 1.76. The fraction of sp³-hybridized carbons (Fsp3) is 0.600. The Labute approximate surface area is 85.1 Å². The van der Waals surface area contributed by atoms with E-state index in [-0.39, 0.29) is 12.4 Å². The summed E-state index contributed by atoms with van der Waals surface area (Å²) in [5.41, 5.74) is 0. The molecule has 1 unspecified atom stereocenters. The molecule has 0 aromatic carbocycles. The number of hydrogen-bond donors (Lipinski definition) is 1. The van der Waals surface area contributed by atoms with Gasteiger partial charge in [-0.1, -0.05) is 12.8 Å². The number of nitrogens with one attached hydrogen (secondary N) is 1. The fourth-order valence-corrected chi connectivity index (χ4v) is 1.76. The third-order valence-corrected chi connectivity index (χ3v) is 2.45. The molecule has 74 valence electrons. The number of rotatable bonds is 1. The Morgan fingerprint density at radius 1 is 1.31 bits per heavy atom. The van der Waals surface area contributed by atoms with Crippen molar-refractivity contribution in [1.29, 1.82) is 0 Å². The van der Waals surface area contributed by atoms with Gasteiger partial charge in [-0.05, 0) is 31.5 Å². The van der Waals surface area contributed by atoms with Crippen molar-refractivity contribution in [1.82, 2.24) is 5.32 Å². The molecule has 13 heavy (non-hydrogen) atoms. The molecule has 3 heteroatoms. The minimum atomic E-state index is 0. The zero-order valence-electron chi connectivity index (χ0n) is 7.66. The third-order valence-electron chi connectivity index (χ3n) is 2.45. The van der Waals surface area contributed by atoms with E-state index in [4.69, 9.17) is 4.42 Å². The van der Waals surface area contributed by atoms with Crippen LogP contribution < -0.4 is 5.32 Å². The Morgan fingerprint density at radius 3 is 3.00 bits per heavy atom. The van der Waals surface area contributed by atoms with Gasteiger partial charge in [0.1, 0.15) is 5.76 Å². The van der Waals surface area contributed by atoms with Gasteiger partial charge in [0.15, 0.2) is 0 Å². The van der Waals surface area contributed by atoms with Crippen molar-refractivity contribution in [3.05, 3.63) is 24.2 Å². The Morgan fingerprint density at radius 2 is 2.23 bits per heavy atom. The van der Waals surface area contributed by atoms with Crippen LogP contribution in [-0.2, 0) is 0 Å². The van der Waals surface area contributed by atoms with E-state index in [0.717, 1.165) is 12.3 Å². The largest absolute Gasteiger partial charge is 0.468 e. The standard InChI is InChI=1S/C10H15NO.ClH/c1-2-5-9(11-7-3-1)10-6-4-8-12-10;/h4,6,8-9,11H,1-3,5,7H2;1H. The Bertz CT molecular complexity index is 215. The van der Waals surface area contributed by atoms with Crippen LogP contribution in [0, 0.1) is 0 Å². The van der Waals surface area contributed by atoms with Gasteiger partial charge in [-0.25, -0.2) is 0 Å². The molecular weight excluding hydrogens is 186 g/mol. The van der Waals surface area contributed by atoms with Crippen molar-refractivity contribution in [3.63, 3.8) is 0 Å². The first kappa shape index (κ1) is 10.6. The van der Waals surface area contributed by atoms with Crippen LogP contribution in [0.25, 0.3) is 0 Å². The van der Waals surface area contributed by atoms with Crippen LogP contribution in [0.3, 0.4) is 0 Å². The van der Waals surface area contributed by atoms with Gasteiger partial charge in [-0.3, -0.25) is 0 Å². The van der Waals surface area contributed by atoms with Gasteiger partial charge in [0.25, 0.3) is 0 Å². The molecule has 1 aliphatic heterocycles. The first-order valence-electron chi connectivity index (χ1n) is 4.73. The summed E-state index contributed by atoms with van der Waals surface area (Å²) >= 11 is 0. The molecule has 1 fully saturated rings. The topological polar surface area (TPSA) is 25.2 Å². The average molecular weight is 202 g/mol. The Hall–Kier alpha value is -0.470. The lowest BCUT2D eigenvalue weighted by molar-refractivity contribution is 0.409. The molecule has 1 saturated heterocycles. The lowest BCUT2D eigenvalue weighted by Gasteiger charge is -2.11. The van der Waals surface area contributed by atoms with E-state index in [1.54, 1.807) is 6.26 Å². The van der Waals surface area contributed by atoms with Crippen LogP contribution in [0.4, 0.5) is 0 Å². The van der Waals surface area contributed by atoms with Crippen molar-refractivity contribution in [2.24, 2.45) is 0 Å². The summed E-state index contributed by atoms with van der Waals surface area (Å²) in [6.45, 7) is 1.13. The van der Waals surface area contributed by atoms with E-state index in [1.807, 2.05) is 6.07 Å². The second-order valence-electron chi connectivity index (χ2n) is 3.37. The zero-order valence-corrected chi connectivity index (χ0v) is 8.48. The van der Waals surface area contributed by atoms with Crippen LogP contribution in [0.2, 0.25) is 0 Å². The van der Waals surface area contributed by atoms with Crippen molar-refractivity contribution < 1.29 is 4.42 Å². The van der Waals surface area contributed by atoms with Crippen LogP contribution in [0.5, 0.6) is 0 Å². The molecule has 1 atom stereocenters. The van der Waals surface area contributed by atoms with E-state index in [2.05, 4.69) is 11.4 Å². The number of halogens is 1. The van der Waals surface area contributed by atoms with E-state index in [1.165, 1.54) is 25.7 Å². The molecule has 1 aliphatic rings. The van der Waals surface area contributed by atoms with Crippen LogP contribution >= 0.6 is 12.4 Å². The molecule has 1 aromatic rings. The lowest BCUT2D eigenvalue weighted by atomic mass is 10.1. The second-order valence-corrected chi connectivity index (χ2v) is 3.37. The average Bonchev–Trinajstić information content (AvgIpc) is 2.48. The molecular formula is C10H16ClNO. The summed E-state index contributed by atoms with van der Waals surface area (Å²) < 4.78 is 5.37. The van der Waals surface area contributed by atoms with Crippen molar-refractivity contribution >= 4 is 12.4 Å². The monoisotopic (exact) mass is 201 g/mol. The first-order valence-corrected chi connectivity index (χ1v) is 4.73. The minimum absolute atomic E-state index is 0. The van der Waals surface area contributed by atoms with Crippen molar-refractivity contribution in [3.8, 4) is 0 Å². The third kappa shape index (κ3) is 2.75. The van der Waals surface area contributed by atoms with E-state index >= 15 is 0 Å². The second kappa shape index (κ2) is 5.30. The molecule has 0 amide bonds. The Balaban J connectivity index is 0.000000845.